The molecule has 0 unspecified atom stereocenters. The summed E-state index contributed by atoms with van der Waals surface area (Å²) in [6.45, 7) is 5.68. The Morgan fingerprint density at radius 2 is 2.15 bits per heavy atom. The number of hydrogen-bond acceptors (Lipinski definition) is 6. The predicted octanol–water partition coefficient (Wildman–Crippen LogP) is 1.46. The van der Waals surface area contributed by atoms with E-state index in [2.05, 4.69) is 14.9 Å². The van der Waals surface area contributed by atoms with E-state index in [1.54, 1.807) is 0 Å². The molecule has 1 saturated heterocycles. The van der Waals surface area contributed by atoms with E-state index in [9.17, 15) is 0 Å². The molecule has 20 heavy (non-hydrogen) atoms. The van der Waals surface area contributed by atoms with Crippen molar-refractivity contribution in [3.05, 3.63) is 11.9 Å². The van der Waals surface area contributed by atoms with Gasteiger partial charge in [-0.3, -0.25) is 0 Å². The standard InChI is InChI=1S/C14H24N4O2/c1-3-19-10-13-16-12(15)8-14(17-13)18(2)9-11-4-6-20-7-5-11/h8,11H,3-7,9-10H2,1-2H3,(H2,15,16,17). The minimum absolute atomic E-state index is 0.402. The third-order valence-corrected chi connectivity index (χ3v) is 3.48. The van der Waals surface area contributed by atoms with Crippen molar-refractivity contribution in [3.8, 4) is 0 Å². The number of nitrogens with two attached hydrogens (primary N) is 1. The molecule has 0 radical (unpaired) electrons. The van der Waals surface area contributed by atoms with Crippen LogP contribution in [0.5, 0.6) is 0 Å². The number of nitrogens with zero attached hydrogens (tertiary/aromatic N) is 3. The van der Waals surface area contributed by atoms with Crippen LogP contribution in [0.2, 0.25) is 0 Å². The lowest BCUT2D eigenvalue weighted by molar-refractivity contribution is 0.0685. The molecule has 2 N–H and O–H groups in total. The molecule has 0 bridgehead atoms. The quantitative estimate of drug-likeness (QED) is 0.850. The Labute approximate surface area is 120 Å². The first kappa shape index (κ1) is 15.0. The molecule has 0 saturated carbocycles. The molecule has 1 aromatic rings. The molecule has 0 atom stereocenters. The smallest absolute Gasteiger partial charge is 0.158 e. The molecule has 2 heterocycles. The zero-order valence-electron chi connectivity index (χ0n) is 12.3. The topological polar surface area (TPSA) is 73.5 Å². The van der Waals surface area contributed by atoms with Gasteiger partial charge in [-0.15, -0.1) is 0 Å². The summed E-state index contributed by atoms with van der Waals surface area (Å²) in [6, 6.07) is 1.81. The molecule has 0 amide bonds. The summed E-state index contributed by atoms with van der Waals surface area (Å²) in [7, 11) is 2.04. The van der Waals surface area contributed by atoms with Crippen molar-refractivity contribution in [1.82, 2.24) is 9.97 Å². The summed E-state index contributed by atoms with van der Waals surface area (Å²) >= 11 is 0. The summed E-state index contributed by atoms with van der Waals surface area (Å²) < 4.78 is 10.7. The van der Waals surface area contributed by atoms with Gasteiger partial charge >= 0.3 is 0 Å². The average Bonchev–Trinajstić information content (AvgIpc) is 2.45. The van der Waals surface area contributed by atoms with Gasteiger partial charge in [0.05, 0.1) is 0 Å². The van der Waals surface area contributed by atoms with Crippen molar-refractivity contribution in [2.75, 3.05) is 44.0 Å². The lowest BCUT2D eigenvalue weighted by Crippen LogP contribution is -2.30. The number of rotatable bonds is 6. The number of ether oxygens (including phenoxy) is 2. The molecule has 1 aromatic heterocycles. The van der Waals surface area contributed by atoms with E-state index >= 15 is 0 Å². The maximum Gasteiger partial charge on any atom is 0.158 e. The van der Waals surface area contributed by atoms with E-state index < -0.39 is 0 Å². The second kappa shape index (κ2) is 7.40. The molecule has 6 heteroatoms. The van der Waals surface area contributed by atoms with Crippen LogP contribution >= 0.6 is 0 Å². The highest BCUT2D eigenvalue weighted by molar-refractivity contribution is 5.46. The van der Waals surface area contributed by atoms with Crippen molar-refractivity contribution in [2.45, 2.75) is 26.4 Å². The Morgan fingerprint density at radius 1 is 1.40 bits per heavy atom. The third kappa shape index (κ3) is 4.31. The minimum atomic E-state index is 0.402. The van der Waals surface area contributed by atoms with Crippen molar-refractivity contribution >= 4 is 11.6 Å². The number of hydrogen-bond donors (Lipinski definition) is 1. The lowest BCUT2D eigenvalue weighted by atomic mass is 10.00. The number of aromatic nitrogens is 2. The molecular formula is C14H24N4O2. The molecule has 6 nitrogen and oxygen atoms in total. The fraction of sp³-hybridized carbons (Fsp3) is 0.714. The van der Waals surface area contributed by atoms with E-state index in [0.29, 0.717) is 30.8 Å². The number of anilines is 2. The highest BCUT2D eigenvalue weighted by Gasteiger charge is 2.17. The number of nitrogen functional groups attached to an aromatic ring is 1. The fourth-order valence-corrected chi connectivity index (χ4v) is 2.37. The van der Waals surface area contributed by atoms with Crippen molar-refractivity contribution in [1.29, 1.82) is 0 Å². The second-order valence-corrected chi connectivity index (χ2v) is 5.14. The van der Waals surface area contributed by atoms with E-state index in [0.717, 1.165) is 38.4 Å². The van der Waals surface area contributed by atoms with Crippen LogP contribution < -0.4 is 10.6 Å². The van der Waals surface area contributed by atoms with Crippen molar-refractivity contribution in [3.63, 3.8) is 0 Å². The average molecular weight is 280 g/mol. The first-order chi connectivity index (χ1) is 9.69. The van der Waals surface area contributed by atoms with Gasteiger partial charge in [-0.25, -0.2) is 9.97 Å². The van der Waals surface area contributed by atoms with Crippen LogP contribution in [0.15, 0.2) is 6.07 Å². The van der Waals surface area contributed by atoms with Crippen LogP contribution in [-0.4, -0.2) is 43.4 Å². The van der Waals surface area contributed by atoms with Gasteiger partial charge in [-0.1, -0.05) is 0 Å². The van der Waals surface area contributed by atoms with Crippen molar-refractivity contribution < 1.29 is 9.47 Å². The minimum Gasteiger partial charge on any atom is -0.384 e. The molecular weight excluding hydrogens is 256 g/mol. The Balaban J connectivity index is 2.00. The first-order valence-corrected chi connectivity index (χ1v) is 7.19. The van der Waals surface area contributed by atoms with Gasteiger partial charge in [-0.05, 0) is 25.7 Å². The first-order valence-electron chi connectivity index (χ1n) is 7.19. The Kier molecular flexibility index (Phi) is 5.55. The predicted molar refractivity (Wildman–Crippen MR) is 78.6 cm³/mol. The molecule has 1 aliphatic rings. The Bertz CT molecular complexity index is 422. The van der Waals surface area contributed by atoms with Crippen LogP contribution in [-0.2, 0) is 16.1 Å². The molecule has 1 aliphatic heterocycles. The zero-order chi connectivity index (χ0) is 14.4. The van der Waals surface area contributed by atoms with E-state index in [1.165, 1.54) is 0 Å². The molecule has 1 fully saturated rings. The summed E-state index contributed by atoms with van der Waals surface area (Å²) in [5, 5.41) is 0. The lowest BCUT2D eigenvalue weighted by Gasteiger charge is -2.28. The maximum atomic E-state index is 5.85. The van der Waals surface area contributed by atoms with Gasteiger partial charge < -0.3 is 20.1 Å². The SMILES string of the molecule is CCOCc1nc(N)cc(N(C)CC2CCOCC2)n1. The van der Waals surface area contributed by atoms with Crippen LogP contribution in [0.1, 0.15) is 25.6 Å². The van der Waals surface area contributed by atoms with Crippen LogP contribution in [0.4, 0.5) is 11.6 Å². The normalized spacial score (nSPS) is 16.3. The second-order valence-electron chi connectivity index (χ2n) is 5.14. The van der Waals surface area contributed by atoms with Crippen LogP contribution in [0, 0.1) is 5.92 Å². The Morgan fingerprint density at radius 3 is 2.85 bits per heavy atom. The monoisotopic (exact) mass is 280 g/mol. The van der Waals surface area contributed by atoms with Crippen molar-refractivity contribution in [2.24, 2.45) is 5.92 Å². The fourth-order valence-electron chi connectivity index (χ4n) is 2.37. The van der Waals surface area contributed by atoms with Gasteiger partial charge in [0.15, 0.2) is 5.82 Å². The van der Waals surface area contributed by atoms with Gasteiger partial charge in [0.25, 0.3) is 0 Å². The molecule has 0 spiro atoms. The summed E-state index contributed by atoms with van der Waals surface area (Å²) in [4.78, 5) is 10.9. The molecule has 2 rings (SSSR count). The summed E-state index contributed by atoms with van der Waals surface area (Å²) in [6.07, 6.45) is 2.22. The highest BCUT2D eigenvalue weighted by atomic mass is 16.5. The summed E-state index contributed by atoms with van der Waals surface area (Å²) in [5.41, 5.74) is 5.85. The Hall–Kier alpha value is -1.40. The van der Waals surface area contributed by atoms with Crippen LogP contribution in [0.3, 0.4) is 0 Å². The summed E-state index contributed by atoms with van der Waals surface area (Å²) in [5.74, 6) is 2.64. The van der Waals surface area contributed by atoms with E-state index in [4.69, 9.17) is 15.2 Å². The van der Waals surface area contributed by atoms with E-state index in [1.807, 2.05) is 20.0 Å². The van der Waals surface area contributed by atoms with Gasteiger partial charge in [0.2, 0.25) is 0 Å². The highest BCUT2D eigenvalue weighted by Crippen LogP contribution is 2.19. The molecule has 0 aliphatic carbocycles. The van der Waals surface area contributed by atoms with E-state index in [-0.39, 0.29) is 0 Å². The maximum absolute atomic E-state index is 5.85. The molecule has 0 aromatic carbocycles. The van der Waals surface area contributed by atoms with Gasteiger partial charge in [-0.2, -0.15) is 0 Å². The zero-order valence-corrected chi connectivity index (χ0v) is 12.3. The van der Waals surface area contributed by atoms with Gasteiger partial charge in [0, 0.05) is 39.5 Å². The van der Waals surface area contributed by atoms with Gasteiger partial charge in [0.1, 0.15) is 18.2 Å². The largest absolute Gasteiger partial charge is 0.384 e. The third-order valence-electron chi connectivity index (χ3n) is 3.48. The molecule has 112 valence electrons. The van der Waals surface area contributed by atoms with Crippen LogP contribution in [0.25, 0.3) is 0 Å².